The van der Waals surface area contributed by atoms with Crippen molar-refractivity contribution in [3.63, 3.8) is 0 Å². The third kappa shape index (κ3) is 3.28. The van der Waals surface area contributed by atoms with Gasteiger partial charge in [-0.2, -0.15) is 0 Å². The highest BCUT2D eigenvalue weighted by molar-refractivity contribution is 5.85. The molecule has 0 aromatic heterocycles. The minimum Gasteiger partial charge on any atom is -0.444 e. The largest absolute Gasteiger partial charge is 0.444 e. The molecule has 6 rings (SSSR count). The second kappa shape index (κ2) is 6.72. The number of ketones is 1. The van der Waals surface area contributed by atoms with Crippen LogP contribution in [0.2, 0.25) is 0 Å². The van der Waals surface area contributed by atoms with E-state index in [2.05, 4.69) is 0 Å². The lowest BCUT2D eigenvalue weighted by atomic mass is 9.50. The predicted octanol–water partition coefficient (Wildman–Crippen LogP) is 4.04. The SMILES string of the molecule is CC(C)(C)OC(=O)N1C2COCC1CC(C(=O)C1C3CC4CC(C3)CC1C4)C2. The lowest BCUT2D eigenvalue weighted by Gasteiger charge is -2.55. The number of Topliss-reactive ketones (excluding diaryl/α,β-unsaturated/α-hetero) is 1. The number of piperidine rings is 1. The topological polar surface area (TPSA) is 55.8 Å². The molecular weight excluding hydrogens is 354 g/mol. The summed E-state index contributed by atoms with van der Waals surface area (Å²) >= 11 is 0. The van der Waals surface area contributed by atoms with E-state index in [0.717, 1.165) is 24.7 Å². The molecule has 2 atom stereocenters. The first-order valence-electron chi connectivity index (χ1n) is 11.4. The summed E-state index contributed by atoms with van der Waals surface area (Å²) in [6.07, 6.45) is 7.82. The molecule has 28 heavy (non-hydrogen) atoms. The monoisotopic (exact) mass is 389 g/mol. The van der Waals surface area contributed by atoms with Gasteiger partial charge in [-0.15, -0.1) is 0 Å². The molecule has 0 spiro atoms. The Labute approximate surface area is 168 Å². The highest BCUT2D eigenvalue weighted by Crippen LogP contribution is 2.57. The van der Waals surface area contributed by atoms with Crippen LogP contribution in [-0.4, -0.2) is 47.7 Å². The van der Waals surface area contributed by atoms with Crippen LogP contribution < -0.4 is 0 Å². The number of amides is 1. The van der Waals surface area contributed by atoms with Gasteiger partial charge in [0.15, 0.2) is 0 Å². The third-order valence-electron chi connectivity index (χ3n) is 8.08. The van der Waals surface area contributed by atoms with Gasteiger partial charge in [0.25, 0.3) is 0 Å². The van der Waals surface area contributed by atoms with Gasteiger partial charge >= 0.3 is 6.09 Å². The molecule has 4 aliphatic carbocycles. The maximum Gasteiger partial charge on any atom is 0.410 e. The van der Waals surface area contributed by atoms with Gasteiger partial charge < -0.3 is 9.47 Å². The van der Waals surface area contributed by atoms with Crippen molar-refractivity contribution < 1.29 is 19.1 Å². The van der Waals surface area contributed by atoms with Crippen LogP contribution in [0.3, 0.4) is 0 Å². The standard InChI is InChI=1S/C23H35NO4/c1-23(2,3)28-22(26)24-18-9-17(10-19(24)12-27-11-18)21(25)20-15-5-13-4-14(7-15)8-16(20)6-13/h13-20H,4-12H2,1-3H3. The quantitative estimate of drug-likeness (QED) is 0.715. The Morgan fingerprint density at radius 3 is 1.89 bits per heavy atom. The van der Waals surface area contributed by atoms with Gasteiger partial charge in [0, 0.05) is 11.8 Å². The van der Waals surface area contributed by atoms with Crippen LogP contribution in [0.1, 0.15) is 65.7 Å². The van der Waals surface area contributed by atoms with E-state index >= 15 is 0 Å². The maximum atomic E-state index is 13.6. The van der Waals surface area contributed by atoms with Crippen LogP contribution in [0.4, 0.5) is 4.79 Å². The van der Waals surface area contributed by atoms with Gasteiger partial charge in [-0.05, 0) is 89.4 Å². The van der Waals surface area contributed by atoms with Gasteiger partial charge in [0.2, 0.25) is 0 Å². The molecule has 5 nitrogen and oxygen atoms in total. The Hall–Kier alpha value is -1.10. The Kier molecular flexibility index (Phi) is 4.53. The molecule has 4 saturated carbocycles. The minimum absolute atomic E-state index is 0.0202. The van der Waals surface area contributed by atoms with Crippen LogP contribution in [0.15, 0.2) is 0 Å². The molecule has 6 aliphatic rings. The Morgan fingerprint density at radius 2 is 1.39 bits per heavy atom. The van der Waals surface area contributed by atoms with Gasteiger partial charge in [-0.25, -0.2) is 4.79 Å². The number of carbonyl (C=O) groups excluding carboxylic acids is 2. The van der Waals surface area contributed by atoms with E-state index in [4.69, 9.17) is 9.47 Å². The zero-order chi connectivity index (χ0) is 19.6. The van der Waals surface area contributed by atoms with Gasteiger partial charge in [-0.3, -0.25) is 9.69 Å². The molecule has 2 aliphatic heterocycles. The van der Waals surface area contributed by atoms with Crippen LogP contribution in [-0.2, 0) is 14.3 Å². The fraction of sp³-hybridized carbons (Fsp3) is 0.913. The van der Waals surface area contributed by atoms with E-state index in [0.29, 0.717) is 36.8 Å². The van der Waals surface area contributed by atoms with Crippen molar-refractivity contribution in [1.29, 1.82) is 0 Å². The van der Waals surface area contributed by atoms with Gasteiger partial charge in [-0.1, -0.05) is 0 Å². The van der Waals surface area contributed by atoms with Crippen LogP contribution >= 0.6 is 0 Å². The number of hydrogen-bond donors (Lipinski definition) is 0. The third-order valence-corrected chi connectivity index (χ3v) is 8.08. The fourth-order valence-electron chi connectivity index (χ4n) is 7.42. The van der Waals surface area contributed by atoms with Crippen molar-refractivity contribution in [1.82, 2.24) is 4.90 Å². The van der Waals surface area contributed by atoms with Crippen LogP contribution in [0, 0.1) is 35.5 Å². The Balaban J connectivity index is 1.30. The molecule has 2 unspecified atom stereocenters. The minimum atomic E-state index is -0.501. The molecule has 6 bridgehead atoms. The summed E-state index contributed by atoms with van der Waals surface area (Å²) in [6.45, 7) is 6.77. The lowest BCUT2D eigenvalue weighted by Crippen LogP contribution is -2.61. The molecule has 6 fully saturated rings. The first-order chi connectivity index (χ1) is 13.3. The first kappa shape index (κ1) is 18.9. The lowest BCUT2D eigenvalue weighted by molar-refractivity contribution is -0.147. The second-order valence-electron chi connectivity index (χ2n) is 11.3. The molecule has 5 heteroatoms. The van der Waals surface area contributed by atoms with Crippen molar-refractivity contribution in [2.75, 3.05) is 13.2 Å². The van der Waals surface area contributed by atoms with Crippen LogP contribution in [0.5, 0.6) is 0 Å². The smallest absolute Gasteiger partial charge is 0.410 e. The van der Waals surface area contributed by atoms with Crippen molar-refractivity contribution in [2.45, 2.75) is 83.4 Å². The molecule has 156 valence electrons. The summed E-state index contributed by atoms with van der Waals surface area (Å²) in [5.74, 6) is 4.00. The summed E-state index contributed by atoms with van der Waals surface area (Å²) < 4.78 is 11.4. The Morgan fingerprint density at radius 1 is 0.857 bits per heavy atom. The summed E-state index contributed by atoms with van der Waals surface area (Å²) in [4.78, 5) is 28.3. The summed E-state index contributed by atoms with van der Waals surface area (Å²) in [5.41, 5.74) is -0.501. The number of carbonyl (C=O) groups is 2. The zero-order valence-corrected chi connectivity index (χ0v) is 17.6. The van der Waals surface area contributed by atoms with Gasteiger partial charge in [0.1, 0.15) is 11.4 Å². The normalized spacial score (nSPS) is 44.5. The van der Waals surface area contributed by atoms with Crippen molar-refractivity contribution in [3.05, 3.63) is 0 Å². The fourth-order valence-corrected chi connectivity index (χ4v) is 7.42. The average Bonchev–Trinajstić information content (AvgIpc) is 2.58. The summed E-state index contributed by atoms with van der Waals surface area (Å²) in [5, 5.41) is 0. The highest BCUT2D eigenvalue weighted by Gasteiger charge is 2.53. The summed E-state index contributed by atoms with van der Waals surface area (Å²) in [7, 11) is 0. The molecule has 0 radical (unpaired) electrons. The molecule has 0 aromatic carbocycles. The first-order valence-corrected chi connectivity index (χ1v) is 11.4. The van der Waals surface area contributed by atoms with Gasteiger partial charge in [0.05, 0.1) is 25.3 Å². The van der Waals surface area contributed by atoms with E-state index in [9.17, 15) is 9.59 Å². The van der Waals surface area contributed by atoms with E-state index < -0.39 is 5.60 Å². The van der Waals surface area contributed by atoms with Crippen molar-refractivity contribution in [3.8, 4) is 0 Å². The van der Waals surface area contributed by atoms with Crippen molar-refractivity contribution in [2.24, 2.45) is 35.5 Å². The molecule has 0 aromatic rings. The predicted molar refractivity (Wildman–Crippen MR) is 105 cm³/mol. The van der Waals surface area contributed by atoms with E-state index in [1.807, 2.05) is 25.7 Å². The number of ether oxygens (including phenoxy) is 2. The zero-order valence-electron chi connectivity index (χ0n) is 17.6. The summed E-state index contributed by atoms with van der Waals surface area (Å²) in [6, 6.07) is -0.0405. The molecule has 1 amide bonds. The number of fused-ring (bicyclic) bond motifs is 2. The number of nitrogens with zero attached hydrogens (tertiary/aromatic N) is 1. The van der Waals surface area contributed by atoms with Crippen molar-refractivity contribution >= 4 is 11.9 Å². The van der Waals surface area contributed by atoms with E-state index in [1.54, 1.807) is 0 Å². The second-order valence-corrected chi connectivity index (χ2v) is 11.3. The highest BCUT2D eigenvalue weighted by atomic mass is 16.6. The molecular formula is C23H35NO4. The molecule has 2 saturated heterocycles. The average molecular weight is 390 g/mol. The molecule has 0 N–H and O–H groups in total. The number of rotatable bonds is 2. The number of morpholine rings is 1. The number of hydrogen-bond acceptors (Lipinski definition) is 4. The van der Waals surface area contributed by atoms with Crippen LogP contribution in [0.25, 0.3) is 0 Å². The van der Waals surface area contributed by atoms with E-state index in [1.165, 1.54) is 32.1 Å². The molecule has 2 heterocycles. The Bertz CT molecular complexity index is 611. The maximum absolute atomic E-state index is 13.6. The van der Waals surface area contributed by atoms with E-state index in [-0.39, 0.29) is 24.1 Å².